The largest absolute Gasteiger partial charge is 0.299 e. The molecule has 2 nitrogen and oxygen atoms in total. The summed E-state index contributed by atoms with van der Waals surface area (Å²) in [6, 6.07) is 14.8. The normalized spacial score (nSPS) is 12.3. The summed E-state index contributed by atoms with van der Waals surface area (Å²) >= 11 is 1.80. The predicted octanol–water partition coefficient (Wildman–Crippen LogP) is 3.68. The molecule has 0 radical (unpaired) electrons. The Labute approximate surface area is 118 Å². The van der Waals surface area contributed by atoms with E-state index in [0.717, 1.165) is 24.1 Å². The molecule has 19 heavy (non-hydrogen) atoms. The van der Waals surface area contributed by atoms with Gasteiger partial charge >= 0.3 is 0 Å². The third kappa shape index (κ3) is 3.66. The molecular weight excluding hydrogens is 252 g/mol. The zero-order valence-corrected chi connectivity index (χ0v) is 12.2. The minimum absolute atomic E-state index is 0.463. The van der Waals surface area contributed by atoms with Gasteiger partial charge in [-0.25, -0.2) is 0 Å². The van der Waals surface area contributed by atoms with Crippen LogP contribution in [0.2, 0.25) is 0 Å². The van der Waals surface area contributed by atoms with Crippen molar-refractivity contribution < 1.29 is 0 Å². The fraction of sp³-hybridized carbons (Fsp3) is 0.312. The summed E-state index contributed by atoms with van der Waals surface area (Å²) in [6.07, 6.45) is 1.06. The first-order valence-corrected chi connectivity index (χ1v) is 7.29. The van der Waals surface area contributed by atoms with E-state index in [2.05, 4.69) is 42.5 Å². The first kappa shape index (κ1) is 13.8. The van der Waals surface area contributed by atoms with Crippen molar-refractivity contribution in [2.45, 2.75) is 25.9 Å². The van der Waals surface area contributed by atoms with Crippen molar-refractivity contribution in [2.24, 2.45) is 0 Å². The van der Waals surface area contributed by atoms with Crippen molar-refractivity contribution in [2.75, 3.05) is 7.05 Å². The van der Waals surface area contributed by atoms with Crippen LogP contribution in [-0.4, -0.2) is 18.0 Å². The van der Waals surface area contributed by atoms with Crippen LogP contribution in [0, 0.1) is 11.3 Å². The zero-order valence-electron chi connectivity index (χ0n) is 11.3. The van der Waals surface area contributed by atoms with Gasteiger partial charge in [0.05, 0.1) is 11.6 Å². The fourth-order valence-electron chi connectivity index (χ4n) is 2.07. The number of thiophene rings is 1. The van der Waals surface area contributed by atoms with Crippen molar-refractivity contribution in [3.8, 4) is 6.07 Å². The number of benzene rings is 1. The van der Waals surface area contributed by atoms with Gasteiger partial charge in [-0.2, -0.15) is 5.26 Å². The van der Waals surface area contributed by atoms with E-state index < -0.39 is 0 Å². The molecule has 0 fully saturated rings. The fourth-order valence-corrected chi connectivity index (χ4v) is 2.89. The molecule has 2 rings (SSSR count). The number of rotatable bonds is 5. The van der Waals surface area contributed by atoms with Gasteiger partial charge in [0.2, 0.25) is 0 Å². The Hall–Kier alpha value is -1.63. The number of hydrogen-bond acceptors (Lipinski definition) is 3. The highest BCUT2D eigenvalue weighted by Crippen LogP contribution is 2.16. The summed E-state index contributed by atoms with van der Waals surface area (Å²) < 4.78 is 0. The maximum absolute atomic E-state index is 9.11. The van der Waals surface area contributed by atoms with Gasteiger partial charge in [0.25, 0.3) is 0 Å². The van der Waals surface area contributed by atoms with Crippen LogP contribution >= 0.6 is 11.3 Å². The first-order chi connectivity index (χ1) is 9.20. The minimum atomic E-state index is 0.463. The number of nitriles is 1. The Balaban J connectivity index is 2.00. The molecule has 0 aliphatic rings. The molecule has 98 valence electrons. The van der Waals surface area contributed by atoms with Crippen LogP contribution in [-0.2, 0) is 13.0 Å². The second-order valence-corrected chi connectivity index (χ2v) is 5.85. The molecule has 0 amide bonds. The van der Waals surface area contributed by atoms with Crippen LogP contribution < -0.4 is 0 Å². The predicted molar refractivity (Wildman–Crippen MR) is 80.1 cm³/mol. The van der Waals surface area contributed by atoms with Crippen molar-refractivity contribution in [3.63, 3.8) is 0 Å². The molecule has 2 aromatic rings. The minimum Gasteiger partial charge on any atom is -0.299 e. The summed E-state index contributed by atoms with van der Waals surface area (Å²) in [6.45, 7) is 3.05. The van der Waals surface area contributed by atoms with Crippen molar-refractivity contribution >= 4 is 11.3 Å². The highest BCUT2D eigenvalue weighted by molar-refractivity contribution is 7.09. The molecule has 1 aromatic heterocycles. The topological polar surface area (TPSA) is 27.0 Å². The summed E-state index contributed by atoms with van der Waals surface area (Å²) in [5, 5.41) is 11.2. The van der Waals surface area contributed by atoms with Crippen LogP contribution in [0.3, 0.4) is 0 Å². The van der Waals surface area contributed by atoms with Crippen LogP contribution in [0.5, 0.6) is 0 Å². The molecular formula is C16H18N2S. The zero-order chi connectivity index (χ0) is 13.7. The SMILES string of the molecule is CC(Cc1cccs1)N(C)Cc1ccccc1C#N. The first-order valence-electron chi connectivity index (χ1n) is 6.41. The molecule has 0 spiro atoms. The molecule has 1 atom stereocenters. The van der Waals surface area contributed by atoms with Gasteiger partial charge in [-0.15, -0.1) is 11.3 Å². The van der Waals surface area contributed by atoms with Gasteiger partial charge in [0, 0.05) is 17.5 Å². The molecule has 3 heteroatoms. The van der Waals surface area contributed by atoms with Gasteiger partial charge in [0.1, 0.15) is 0 Å². The molecule has 0 bridgehead atoms. The Morgan fingerprint density at radius 3 is 2.74 bits per heavy atom. The summed E-state index contributed by atoms with van der Waals surface area (Å²) in [5.74, 6) is 0. The van der Waals surface area contributed by atoms with Crippen LogP contribution in [0.15, 0.2) is 41.8 Å². The van der Waals surface area contributed by atoms with E-state index in [1.165, 1.54) is 4.88 Å². The highest BCUT2D eigenvalue weighted by Gasteiger charge is 2.12. The number of hydrogen-bond donors (Lipinski definition) is 0. The van der Waals surface area contributed by atoms with E-state index in [1.807, 2.05) is 24.3 Å². The monoisotopic (exact) mass is 270 g/mol. The Kier molecular flexibility index (Phi) is 4.73. The van der Waals surface area contributed by atoms with Gasteiger partial charge in [0.15, 0.2) is 0 Å². The highest BCUT2D eigenvalue weighted by atomic mass is 32.1. The second kappa shape index (κ2) is 6.51. The van der Waals surface area contributed by atoms with E-state index in [1.54, 1.807) is 11.3 Å². The summed E-state index contributed by atoms with van der Waals surface area (Å²) in [4.78, 5) is 3.71. The van der Waals surface area contributed by atoms with Crippen molar-refractivity contribution in [3.05, 3.63) is 57.8 Å². The molecule has 0 N–H and O–H groups in total. The van der Waals surface area contributed by atoms with Gasteiger partial charge in [-0.05, 0) is 43.5 Å². The smallest absolute Gasteiger partial charge is 0.0995 e. The summed E-state index contributed by atoms with van der Waals surface area (Å²) in [5.41, 5.74) is 1.88. The van der Waals surface area contributed by atoms with Crippen molar-refractivity contribution in [1.82, 2.24) is 4.90 Å². The molecule has 0 saturated heterocycles. The second-order valence-electron chi connectivity index (χ2n) is 4.82. The Morgan fingerprint density at radius 1 is 1.26 bits per heavy atom. The molecule has 0 aliphatic carbocycles. The van der Waals surface area contributed by atoms with Crippen LogP contribution in [0.1, 0.15) is 22.9 Å². The molecule has 1 aromatic carbocycles. The van der Waals surface area contributed by atoms with E-state index in [0.29, 0.717) is 6.04 Å². The van der Waals surface area contributed by atoms with Gasteiger partial charge in [-0.3, -0.25) is 4.90 Å². The maximum Gasteiger partial charge on any atom is 0.0995 e. The average Bonchev–Trinajstić information content (AvgIpc) is 2.92. The third-order valence-corrected chi connectivity index (χ3v) is 4.29. The van der Waals surface area contributed by atoms with Gasteiger partial charge in [-0.1, -0.05) is 24.3 Å². The Morgan fingerprint density at radius 2 is 2.05 bits per heavy atom. The third-order valence-electron chi connectivity index (χ3n) is 3.39. The standard InChI is InChI=1S/C16H18N2S/c1-13(10-16-8-5-9-19-16)18(2)12-15-7-4-3-6-14(15)11-17/h3-9,13H,10,12H2,1-2H3. The van der Waals surface area contributed by atoms with E-state index in [-0.39, 0.29) is 0 Å². The van der Waals surface area contributed by atoms with Crippen molar-refractivity contribution in [1.29, 1.82) is 5.26 Å². The molecule has 1 unspecified atom stereocenters. The average molecular weight is 270 g/mol. The lowest BCUT2D eigenvalue weighted by Crippen LogP contribution is -2.30. The summed E-state index contributed by atoms with van der Waals surface area (Å²) in [7, 11) is 2.12. The van der Waals surface area contributed by atoms with Gasteiger partial charge < -0.3 is 0 Å². The Bertz CT molecular complexity index is 554. The lowest BCUT2D eigenvalue weighted by atomic mass is 10.1. The van der Waals surface area contributed by atoms with E-state index in [4.69, 9.17) is 5.26 Å². The molecule has 0 saturated carbocycles. The lowest BCUT2D eigenvalue weighted by molar-refractivity contribution is 0.249. The molecule has 1 heterocycles. The van der Waals surface area contributed by atoms with E-state index >= 15 is 0 Å². The lowest BCUT2D eigenvalue weighted by Gasteiger charge is -2.24. The molecule has 0 aliphatic heterocycles. The van der Waals surface area contributed by atoms with Crippen LogP contribution in [0.4, 0.5) is 0 Å². The quantitative estimate of drug-likeness (QED) is 0.828. The van der Waals surface area contributed by atoms with E-state index in [9.17, 15) is 0 Å². The maximum atomic E-state index is 9.11. The number of nitrogens with zero attached hydrogens (tertiary/aromatic N) is 2. The van der Waals surface area contributed by atoms with Crippen LogP contribution in [0.25, 0.3) is 0 Å². The number of likely N-dealkylation sites (N-methyl/N-ethyl adjacent to an activating group) is 1.